The summed E-state index contributed by atoms with van der Waals surface area (Å²) < 4.78 is 2.03. The van der Waals surface area contributed by atoms with E-state index in [0.29, 0.717) is 12.0 Å². The Morgan fingerprint density at radius 3 is 2.51 bits per heavy atom. The summed E-state index contributed by atoms with van der Waals surface area (Å²) in [6.07, 6.45) is 8.86. The van der Waals surface area contributed by atoms with E-state index in [-0.39, 0.29) is 11.6 Å². The van der Waals surface area contributed by atoms with Gasteiger partial charge in [0.2, 0.25) is 0 Å². The average Bonchev–Trinajstić information content (AvgIpc) is 3.63. The van der Waals surface area contributed by atoms with E-state index in [4.69, 9.17) is 0 Å². The Bertz CT molecular complexity index is 1400. The third kappa shape index (κ3) is 4.97. The fraction of sp³-hybridized carbons (Fsp3) is 0.467. The number of hydrogen-bond donors (Lipinski definition) is 1. The average molecular weight is 497 g/mol. The summed E-state index contributed by atoms with van der Waals surface area (Å²) in [4.78, 5) is 19.1. The first kappa shape index (κ1) is 24.0. The Balaban J connectivity index is 1.35. The van der Waals surface area contributed by atoms with Crippen LogP contribution in [0.3, 0.4) is 0 Å². The Morgan fingerprint density at radius 2 is 1.76 bits per heavy atom. The lowest BCUT2D eigenvalue weighted by molar-refractivity contribution is 0.141. The second-order valence-electron chi connectivity index (χ2n) is 10.8. The predicted molar refractivity (Wildman–Crippen MR) is 146 cm³/mol. The van der Waals surface area contributed by atoms with E-state index in [0.717, 1.165) is 73.9 Å². The van der Waals surface area contributed by atoms with E-state index in [1.165, 1.54) is 24.0 Å². The fourth-order valence-electron chi connectivity index (χ4n) is 6.35. The minimum absolute atomic E-state index is 0.0471. The maximum absolute atomic E-state index is 13.5. The molecule has 6 rings (SSSR count). The normalized spacial score (nSPS) is 18.5. The van der Waals surface area contributed by atoms with Gasteiger partial charge in [0.1, 0.15) is 6.04 Å². The minimum Gasteiger partial charge on any atom is -0.322 e. The van der Waals surface area contributed by atoms with Crippen molar-refractivity contribution in [3.63, 3.8) is 0 Å². The van der Waals surface area contributed by atoms with Gasteiger partial charge in [-0.1, -0.05) is 56.2 Å². The zero-order chi connectivity index (χ0) is 25.2. The first-order valence-corrected chi connectivity index (χ1v) is 13.9. The van der Waals surface area contributed by atoms with E-state index < -0.39 is 0 Å². The number of nitrogens with one attached hydrogen (secondary N) is 1. The van der Waals surface area contributed by atoms with Crippen molar-refractivity contribution in [1.82, 2.24) is 30.1 Å². The number of benzene rings is 2. The third-order valence-electron chi connectivity index (χ3n) is 8.46. The standard InChI is InChI=1S/C30H36N6O/c1-2-21-12-13-27-24(19-21)20-26(30(37)31-27)28(29-32-33-34-36(29)25-10-6-7-11-25)35-16-14-23(15-17-35)18-22-8-4-3-5-9-22/h3-5,8-9,12-13,19-20,23,25,28H,2,6-7,10-11,14-18H2,1H3,(H,31,37)/t28-/m1/s1. The Kier molecular flexibility index (Phi) is 6.87. The summed E-state index contributed by atoms with van der Waals surface area (Å²) in [6, 6.07) is 19.2. The predicted octanol–water partition coefficient (Wildman–Crippen LogP) is 5.24. The van der Waals surface area contributed by atoms with Crippen molar-refractivity contribution >= 4 is 10.9 Å². The van der Waals surface area contributed by atoms with Gasteiger partial charge in [0, 0.05) is 11.1 Å². The van der Waals surface area contributed by atoms with Crippen LogP contribution in [0.4, 0.5) is 0 Å². The van der Waals surface area contributed by atoms with Crippen molar-refractivity contribution in [1.29, 1.82) is 0 Å². The molecule has 2 fully saturated rings. The Morgan fingerprint density at radius 1 is 0.973 bits per heavy atom. The van der Waals surface area contributed by atoms with Gasteiger partial charge in [-0.15, -0.1) is 5.10 Å². The second-order valence-corrected chi connectivity index (χ2v) is 10.8. The van der Waals surface area contributed by atoms with Gasteiger partial charge in [0.05, 0.1) is 6.04 Å². The topological polar surface area (TPSA) is 79.7 Å². The lowest BCUT2D eigenvalue weighted by Gasteiger charge is -2.37. The molecule has 1 aliphatic heterocycles. The van der Waals surface area contributed by atoms with Gasteiger partial charge >= 0.3 is 0 Å². The molecule has 0 spiro atoms. The summed E-state index contributed by atoms with van der Waals surface area (Å²) >= 11 is 0. The summed E-state index contributed by atoms with van der Waals surface area (Å²) in [5.74, 6) is 1.46. The van der Waals surface area contributed by atoms with Crippen molar-refractivity contribution in [2.45, 2.75) is 70.4 Å². The highest BCUT2D eigenvalue weighted by molar-refractivity contribution is 5.80. The zero-order valence-corrected chi connectivity index (χ0v) is 21.6. The number of nitrogens with zero attached hydrogens (tertiary/aromatic N) is 5. The molecule has 7 heteroatoms. The van der Waals surface area contributed by atoms with Crippen molar-refractivity contribution < 1.29 is 0 Å². The number of likely N-dealkylation sites (tertiary alicyclic amines) is 1. The first-order chi connectivity index (χ1) is 18.2. The number of H-pyrrole nitrogens is 1. The summed E-state index contributed by atoms with van der Waals surface area (Å²) in [6.45, 7) is 4.00. The minimum atomic E-state index is -0.258. The van der Waals surface area contributed by atoms with E-state index in [2.05, 4.69) is 80.9 Å². The highest BCUT2D eigenvalue weighted by atomic mass is 16.1. The molecule has 4 aromatic rings. The van der Waals surface area contributed by atoms with Crippen LogP contribution in [0, 0.1) is 5.92 Å². The van der Waals surface area contributed by atoms with Gasteiger partial charge in [0.25, 0.3) is 5.56 Å². The Labute approximate surface area is 217 Å². The molecule has 3 heterocycles. The lowest BCUT2D eigenvalue weighted by Crippen LogP contribution is -2.41. The maximum atomic E-state index is 13.5. The molecule has 192 valence electrons. The smallest absolute Gasteiger partial charge is 0.253 e. The van der Waals surface area contributed by atoms with E-state index in [1.807, 2.05) is 10.7 Å². The number of rotatable bonds is 7. The molecule has 37 heavy (non-hydrogen) atoms. The highest BCUT2D eigenvalue weighted by Gasteiger charge is 2.35. The van der Waals surface area contributed by atoms with Crippen LogP contribution in [-0.2, 0) is 12.8 Å². The molecule has 0 bridgehead atoms. The van der Waals surface area contributed by atoms with Crippen molar-refractivity contribution in [2.24, 2.45) is 5.92 Å². The molecule has 1 aliphatic carbocycles. The van der Waals surface area contributed by atoms with Gasteiger partial charge < -0.3 is 4.98 Å². The number of aryl methyl sites for hydroxylation is 1. The van der Waals surface area contributed by atoms with E-state index >= 15 is 0 Å². The van der Waals surface area contributed by atoms with Gasteiger partial charge in [-0.2, -0.15) is 0 Å². The van der Waals surface area contributed by atoms with Gasteiger partial charge in [-0.05, 0) is 103 Å². The van der Waals surface area contributed by atoms with Gasteiger partial charge in [-0.25, -0.2) is 4.68 Å². The van der Waals surface area contributed by atoms with Crippen molar-refractivity contribution in [2.75, 3.05) is 13.1 Å². The zero-order valence-electron chi connectivity index (χ0n) is 21.6. The molecule has 1 N–H and O–H groups in total. The van der Waals surface area contributed by atoms with Crippen LogP contribution in [0.5, 0.6) is 0 Å². The molecule has 2 aromatic carbocycles. The van der Waals surface area contributed by atoms with Crippen LogP contribution in [0.2, 0.25) is 0 Å². The van der Waals surface area contributed by atoms with Gasteiger partial charge in [0.15, 0.2) is 5.82 Å². The number of pyridine rings is 1. The first-order valence-electron chi connectivity index (χ1n) is 13.9. The molecule has 0 unspecified atom stereocenters. The number of aromatic amines is 1. The summed E-state index contributed by atoms with van der Waals surface area (Å²) in [5, 5.41) is 14.2. The number of fused-ring (bicyclic) bond motifs is 1. The van der Waals surface area contributed by atoms with E-state index in [9.17, 15) is 4.79 Å². The monoisotopic (exact) mass is 496 g/mol. The highest BCUT2D eigenvalue weighted by Crippen LogP contribution is 2.36. The number of piperidine rings is 1. The molecular weight excluding hydrogens is 460 g/mol. The molecule has 0 amide bonds. The maximum Gasteiger partial charge on any atom is 0.253 e. The molecule has 1 saturated heterocycles. The number of tetrazole rings is 1. The molecule has 7 nitrogen and oxygen atoms in total. The van der Waals surface area contributed by atoms with Gasteiger partial charge in [-0.3, -0.25) is 9.69 Å². The quantitative estimate of drug-likeness (QED) is 0.379. The number of aromatic nitrogens is 5. The van der Waals surface area contributed by atoms with Crippen LogP contribution < -0.4 is 5.56 Å². The van der Waals surface area contributed by atoms with Crippen molar-refractivity contribution in [3.8, 4) is 0 Å². The summed E-state index contributed by atoms with van der Waals surface area (Å²) in [7, 11) is 0. The molecule has 0 radical (unpaired) electrons. The van der Waals surface area contributed by atoms with Crippen molar-refractivity contribution in [3.05, 3.63) is 87.5 Å². The molecule has 2 aromatic heterocycles. The van der Waals surface area contributed by atoms with E-state index in [1.54, 1.807) is 0 Å². The molecule has 1 atom stereocenters. The largest absolute Gasteiger partial charge is 0.322 e. The SMILES string of the molecule is CCc1ccc2[nH]c(=O)c([C@H](c3nnnn3C3CCCC3)N3CCC(Cc4ccccc4)CC3)cc2c1. The number of hydrogen-bond acceptors (Lipinski definition) is 5. The Hall–Kier alpha value is -3.32. The van der Waals surface area contributed by atoms with Crippen LogP contribution in [0.15, 0.2) is 59.4 Å². The van der Waals surface area contributed by atoms with Crippen LogP contribution in [0.1, 0.15) is 80.0 Å². The van der Waals surface area contributed by atoms with Crippen LogP contribution in [0.25, 0.3) is 10.9 Å². The fourth-order valence-corrected chi connectivity index (χ4v) is 6.35. The molecule has 2 aliphatic rings. The molecule has 1 saturated carbocycles. The van der Waals surface area contributed by atoms with Crippen LogP contribution >= 0.6 is 0 Å². The summed E-state index contributed by atoms with van der Waals surface area (Å²) in [5.41, 5.74) is 4.24. The lowest BCUT2D eigenvalue weighted by atomic mass is 9.89. The molecular formula is C30H36N6O. The second kappa shape index (κ2) is 10.6. The third-order valence-corrected chi connectivity index (χ3v) is 8.46. The van der Waals surface area contributed by atoms with Crippen LogP contribution in [-0.4, -0.2) is 43.2 Å².